The molecule has 0 aliphatic heterocycles. The van der Waals surface area contributed by atoms with Crippen molar-refractivity contribution in [1.29, 1.82) is 0 Å². The molecule has 0 atom stereocenters. The van der Waals surface area contributed by atoms with E-state index >= 15 is 0 Å². The Morgan fingerprint density at radius 2 is 1.85 bits per heavy atom. The molecule has 0 fully saturated rings. The van der Waals surface area contributed by atoms with Crippen LogP contribution in [0.25, 0.3) is 0 Å². The molecule has 0 amide bonds. The molecule has 3 nitrogen and oxygen atoms in total. The largest absolute Gasteiger partial charge is 0.507 e. The molecule has 0 bridgehead atoms. The van der Waals surface area contributed by atoms with Crippen LogP contribution in [-0.4, -0.2) is 16.8 Å². The molecule has 1 aromatic carbocycles. The van der Waals surface area contributed by atoms with Crippen LogP contribution in [-0.2, 0) is 0 Å². The zero-order valence-corrected chi connectivity index (χ0v) is 7.12. The predicted molar refractivity (Wildman–Crippen MR) is 50.3 cm³/mol. The lowest BCUT2D eigenvalue weighted by Gasteiger charge is -1.98. The molecule has 4 N–H and O–H groups in total. The van der Waals surface area contributed by atoms with Crippen LogP contribution in [0.3, 0.4) is 0 Å². The number of hydrogen-bond donors (Lipinski definition) is 3. The zero-order chi connectivity index (χ0) is 9.68. The van der Waals surface area contributed by atoms with Gasteiger partial charge < -0.3 is 15.9 Å². The van der Waals surface area contributed by atoms with Gasteiger partial charge in [-0.3, -0.25) is 0 Å². The second-order valence-corrected chi connectivity index (χ2v) is 2.51. The normalized spacial score (nSPS) is 9.00. The van der Waals surface area contributed by atoms with Crippen molar-refractivity contribution in [1.82, 2.24) is 0 Å². The standard InChI is InChI=1S/C10H11NO2/c11-7-2-1-4-8-9(12)5-3-6-10(8)13/h3,5-6,12-13H,2,7,11H2. The number of aromatic hydroxyl groups is 2. The lowest BCUT2D eigenvalue weighted by molar-refractivity contribution is 0.448. The highest BCUT2D eigenvalue weighted by Crippen LogP contribution is 2.24. The number of phenolic OH excluding ortho intramolecular Hbond substituents is 2. The van der Waals surface area contributed by atoms with E-state index in [9.17, 15) is 10.2 Å². The third-order valence-corrected chi connectivity index (χ3v) is 1.50. The fourth-order valence-corrected chi connectivity index (χ4v) is 0.879. The van der Waals surface area contributed by atoms with E-state index in [4.69, 9.17) is 5.73 Å². The highest BCUT2D eigenvalue weighted by molar-refractivity contribution is 5.53. The van der Waals surface area contributed by atoms with Gasteiger partial charge in [0.05, 0.1) is 0 Å². The van der Waals surface area contributed by atoms with Crippen LogP contribution in [0.4, 0.5) is 0 Å². The van der Waals surface area contributed by atoms with E-state index in [1.165, 1.54) is 12.1 Å². The van der Waals surface area contributed by atoms with Crippen LogP contribution in [0.1, 0.15) is 12.0 Å². The molecule has 0 aliphatic rings. The van der Waals surface area contributed by atoms with Gasteiger partial charge in [-0.25, -0.2) is 0 Å². The van der Waals surface area contributed by atoms with Crippen LogP contribution < -0.4 is 5.73 Å². The van der Waals surface area contributed by atoms with E-state index < -0.39 is 0 Å². The Morgan fingerprint density at radius 1 is 1.23 bits per heavy atom. The van der Waals surface area contributed by atoms with Crippen molar-refractivity contribution in [2.24, 2.45) is 5.73 Å². The summed E-state index contributed by atoms with van der Waals surface area (Å²) in [5, 5.41) is 18.6. The molecule has 1 rings (SSSR count). The van der Waals surface area contributed by atoms with Crippen molar-refractivity contribution in [3.05, 3.63) is 23.8 Å². The van der Waals surface area contributed by atoms with Gasteiger partial charge in [0, 0.05) is 13.0 Å². The smallest absolute Gasteiger partial charge is 0.134 e. The first kappa shape index (κ1) is 9.43. The Hall–Kier alpha value is -1.66. The minimum Gasteiger partial charge on any atom is -0.507 e. The summed E-state index contributed by atoms with van der Waals surface area (Å²) in [7, 11) is 0. The maximum atomic E-state index is 9.30. The van der Waals surface area contributed by atoms with Gasteiger partial charge in [0.25, 0.3) is 0 Å². The summed E-state index contributed by atoms with van der Waals surface area (Å²) in [6.45, 7) is 0.474. The van der Waals surface area contributed by atoms with E-state index in [0.29, 0.717) is 13.0 Å². The molecule has 0 unspecified atom stereocenters. The van der Waals surface area contributed by atoms with E-state index in [0.717, 1.165) is 0 Å². The third kappa shape index (κ3) is 2.39. The Morgan fingerprint density at radius 3 is 2.38 bits per heavy atom. The molecule has 68 valence electrons. The van der Waals surface area contributed by atoms with Crippen LogP contribution >= 0.6 is 0 Å². The van der Waals surface area contributed by atoms with E-state index in [-0.39, 0.29) is 17.1 Å². The average molecular weight is 177 g/mol. The van der Waals surface area contributed by atoms with Crippen molar-refractivity contribution >= 4 is 0 Å². The van der Waals surface area contributed by atoms with Crippen molar-refractivity contribution in [3.8, 4) is 23.3 Å². The molecule has 0 saturated heterocycles. The van der Waals surface area contributed by atoms with Crippen LogP contribution in [0.15, 0.2) is 18.2 Å². The maximum absolute atomic E-state index is 9.30. The lowest BCUT2D eigenvalue weighted by atomic mass is 10.2. The molecule has 0 saturated carbocycles. The first-order valence-corrected chi connectivity index (χ1v) is 3.95. The van der Waals surface area contributed by atoms with Gasteiger partial charge in [-0.1, -0.05) is 17.9 Å². The Labute approximate surface area is 76.8 Å². The second-order valence-electron chi connectivity index (χ2n) is 2.51. The molecule has 1 aromatic rings. The second kappa shape index (κ2) is 4.39. The third-order valence-electron chi connectivity index (χ3n) is 1.50. The van der Waals surface area contributed by atoms with Crippen LogP contribution in [0, 0.1) is 11.8 Å². The lowest BCUT2D eigenvalue weighted by Crippen LogP contribution is -1.95. The molecule has 0 aliphatic carbocycles. The molecule has 3 heteroatoms. The topological polar surface area (TPSA) is 66.5 Å². The average Bonchev–Trinajstić information content (AvgIpc) is 2.10. The first-order valence-electron chi connectivity index (χ1n) is 3.95. The molecular formula is C10H11NO2. The molecular weight excluding hydrogens is 166 g/mol. The van der Waals surface area contributed by atoms with Gasteiger partial charge in [-0.2, -0.15) is 0 Å². The van der Waals surface area contributed by atoms with Gasteiger partial charge in [-0.15, -0.1) is 0 Å². The quantitative estimate of drug-likeness (QED) is 0.556. The van der Waals surface area contributed by atoms with E-state index in [2.05, 4.69) is 11.8 Å². The minimum absolute atomic E-state index is 0.00970. The summed E-state index contributed by atoms with van der Waals surface area (Å²) in [5.41, 5.74) is 5.50. The van der Waals surface area contributed by atoms with Crippen molar-refractivity contribution < 1.29 is 10.2 Å². The van der Waals surface area contributed by atoms with Crippen LogP contribution in [0.5, 0.6) is 11.5 Å². The predicted octanol–water partition coefficient (Wildman–Crippen LogP) is 0.798. The number of phenols is 2. The fourth-order valence-electron chi connectivity index (χ4n) is 0.879. The molecule has 0 aromatic heterocycles. The summed E-state index contributed by atoms with van der Waals surface area (Å²) >= 11 is 0. The van der Waals surface area contributed by atoms with Gasteiger partial charge in [0.2, 0.25) is 0 Å². The number of hydrogen-bond acceptors (Lipinski definition) is 3. The molecule has 13 heavy (non-hydrogen) atoms. The Bertz CT molecular complexity index is 329. The SMILES string of the molecule is NCCC#Cc1c(O)cccc1O. The monoisotopic (exact) mass is 177 g/mol. The van der Waals surface area contributed by atoms with E-state index in [1.54, 1.807) is 6.07 Å². The number of benzene rings is 1. The Kier molecular flexibility index (Phi) is 3.18. The Balaban J connectivity index is 2.95. The molecule has 0 spiro atoms. The van der Waals surface area contributed by atoms with Gasteiger partial charge in [0.1, 0.15) is 17.1 Å². The van der Waals surface area contributed by atoms with Gasteiger partial charge in [-0.05, 0) is 12.1 Å². The summed E-state index contributed by atoms with van der Waals surface area (Å²) in [6, 6.07) is 4.51. The summed E-state index contributed by atoms with van der Waals surface area (Å²) in [4.78, 5) is 0. The fraction of sp³-hybridized carbons (Fsp3) is 0.200. The summed E-state index contributed by atoms with van der Waals surface area (Å²) in [6.07, 6.45) is 0.549. The molecule has 0 radical (unpaired) electrons. The van der Waals surface area contributed by atoms with Crippen molar-refractivity contribution in [2.75, 3.05) is 6.54 Å². The minimum atomic E-state index is -0.00970. The van der Waals surface area contributed by atoms with Crippen molar-refractivity contribution in [3.63, 3.8) is 0 Å². The number of nitrogens with two attached hydrogens (primary N) is 1. The highest BCUT2D eigenvalue weighted by Gasteiger charge is 2.01. The maximum Gasteiger partial charge on any atom is 0.134 e. The summed E-state index contributed by atoms with van der Waals surface area (Å²) < 4.78 is 0. The molecule has 0 heterocycles. The van der Waals surface area contributed by atoms with Crippen molar-refractivity contribution in [2.45, 2.75) is 6.42 Å². The first-order chi connectivity index (χ1) is 6.25. The zero-order valence-electron chi connectivity index (χ0n) is 7.12. The van der Waals surface area contributed by atoms with Gasteiger partial charge in [0.15, 0.2) is 0 Å². The van der Waals surface area contributed by atoms with E-state index in [1.807, 2.05) is 0 Å². The van der Waals surface area contributed by atoms with Crippen LogP contribution in [0.2, 0.25) is 0 Å². The number of rotatable bonds is 1. The highest BCUT2D eigenvalue weighted by atomic mass is 16.3. The summed E-state index contributed by atoms with van der Waals surface area (Å²) in [5.74, 6) is 5.37. The van der Waals surface area contributed by atoms with Gasteiger partial charge >= 0.3 is 0 Å².